The summed E-state index contributed by atoms with van der Waals surface area (Å²) < 4.78 is 33.1. The first kappa shape index (κ1) is 17.9. The van der Waals surface area contributed by atoms with Crippen molar-refractivity contribution in [3.63, 3.8) is 0 Å². The first-order valence-corrected chi connectivity index (χ1v) is 7.44. The lowest BCUT2D eigenvalue weighted by Crippen LogP contribution is -2.02. The molecular weight excluding hydrogens is 330 g/mol. The zero-order valence-electron chi connectivity index (χ0n) is 12.7. The van der Waals surface area contributed by atoms with Crippen LogP contribution in [0.5, 0.6) is 0 Å². The molecule has 1 heterocycles. The molecule has 0 aliphatic rings. The Bertz CT molecular complexity index is 847. The minimum absolute atomic E-state index is 0. The van der Waals surface area contributed by atoms with Crippen molar-refractivity contribution in [2.75, 3.05) is 0 Å². The molecule has 0 fully saturated rings. The minimum Gasteiger partial charge on any atom is -0.412 e. The molecule has 0 spiro atoms. The van der Waals surface area contributed by atoms with Gasteiger partial charge in [-0.15, -0.1) is 0 Å². The van der Waals surface area contributed by atoms with E-state index in [9.17, 15) is 8.78 Å². The standard InChI is InChI=1S/C18H14F2N2S.H2O/c19-15-6-7-18(20)17(9-15)14-8-16(10-21-23)22(12-14)11-13-4-2-1-3-5-13;/h1-10,12,23H,11H2;1H2/b21-10+;. The molecule has 1 aromatic heterocycles. The van der Waals surface area contributed by atoms with Crippen molar-refractivity contribution in [3.05, 3.63) is 83.7 Å². The number of aromatic nitrogens is 1. The molecule has 2 aromatic carbocycles. The number of halogens is 2. The average molecular weight is 346 g/mol. The Kier molecular flexibility index (Phi) is 5.89. The highest BCUT2D eigenvalue weighted by atomic mass is 32.1. The number of thiol groups is 1. The largest absolute Gasteiger partial charge is 0.412 e. The normalized spacial score (nSPS) is 10.8. The Morgan fingerprint density at radius 3 is 2.50 bits per heavy atom. The Balaban J connectivity index is 0.00000208. The summed E-state index contributed by atoms with van der Waals surface area (Å²) in [5, 5.41) is 0. The first-order chi connectivity index (χ1) is 11.2. The highest BCUT2D eigenvalue weighted by molar-refractivity contribution is 7.79. The van der Waals surface area contributed by atoms with E-state index in [1.165, 1.54) is 6.07 Å². The molecule has 24 heavy (non-hydrogen) atoms. The van der Waals surface area contributed by atoms with Gasteiger partial charge in [0.2, 0.25) is 0 Å². The maximum absolute atomic E-state index is 14.0. The third-order valence-electron chi connectivity index (χ3n) is 3.56. The monoisotopic (exact) mass is 346 g/mol. The molecule has 3 rings (SSSR count). The fourth-order valence-corrected chi connectivity index (χ4v) is 2.59. The molecule has 0 radical (unpaired) electrons. The maximum Gasteiger partial charge on any atom is 0.131 e. The summed E-state index contributed by atoms with van der Waals surface area (Å²) in [5.41, 5.74) is 2.69. The third kappa shape index (κ3) is 3.90. The Labute approximate surface area is 144 Å². The molecule has 0 unspecified atom stereocenters. The predicted molar refractivity (Wildman–Crippen MR) is 95.5 cm³/mol. The fourth-order valence-electron chi connectivity index (χ4n) is 2.48. The number of rotatable bonds is 4. The molecule has 6 heteroatoms. The molecule has 0 aliphatic carbocycles. The molecule has 0 atom stereocenters. The fraction of sp³-hybridized carbons (Fsp3) is 0.0556. The van der Waals surface area contributed by atoms with Gasteiger partial charge in [0.25, 0.3) is 0 Å². The van der Waals surface area contributed by atoms with Crippen LogP contribution in [0.15, 0.2) is 65.2 Å². The van der Waals surface area contributed by atoms with Crippen LogP contribution in [-0.4, -0.2) is 16.3 Å². The van der Waals surface area contributed by atoms with Crippen LogP contribution in [0.25, 0.3) is 11.1 Å². The first-order valence-electron chi connectivity index (χ1n) is 7.04. The molecule has 0 saturated carbocycles. The molecule has 0 bridgehead atoms. The lowest BCUT2D eigenvalue weighted by molar-refractivity contribution is 0.603. The van der Waals surface area contributed by atoms with E-state index in [0.717, 1.165) is 23.4 Å². The van der Waals surface area contributed by atoms with Gasteiger partial charge >= 0.3 is 0 Å². The van der Waals surface area contributed by atoms with Gasteiger partial charge in [0, 0.05) is 23.9 Å². The predicted octanol–water partition coefficient (Wildman–Crippen LogP) is 3.92. The SMILES string of the molecule is Fc1ccc(F)c(-c2cc(/C=N/S)n(Cc3ccccc3)c2)c1.O. The van der Waals surface area contributed by atoms with Crippen LogP contribution >= 0.6 is 12.8 Å². The van der Waals surface area contributed by atoms with E-state index in [1.54, 1.807) is 18.5 Å². The van der Waals surface area contributed by atoms with Crippen molar-refractivity contribution in [2.24, 2.45) is 4.40 Å². The number of nitrogens with zero attached hydrogens (tertiary/aromatic N) is 2. The lowest BCUT2D eigenvalue weighted by Gasteiger charge is -2.06. The van der Waals surface area contributed by atoms with Gasteiger partial charge in [-0.05, 0) is 42.6 Å². The van der Waals surface area contributed by atoms with Crippen molar-refractivity contribution in [2.45, 2.75) is 6.54 Å². The second-order valence-corrected chi connectivity index (χ2v) is 5.37. The van der Waals surface area contributed by atoms with Crippen molar-refractivity contribution in [1.82, 2.24) is 4.57 Å². The molecule has 2 N–H and O–H groups in total. The van der Waals surface area contributed by atoms with Crippen molar-refractivity contribution in [3.8, 4) is 11.1 Å². The van der Waals surface area contributed by atoms with E-state index >= 15 is 0 Å². The lowest BCUT2D eigenvalue weighted by atomic mass is 10.1. The maximum atomic E-state index is 14.0. The van der Waals surface area contributed by atoms with Gasteiger partial charge < -0.3 is 10.0 Å². The number of benzene rings is 2. The van der Waals surface area contributed by atoms with Gasteiger partial charge in [-0.3, -0.25) is 0 Å². The average Bonchev–Trinajstić information content (AvgIpc) is 2.94. The number of hydrogen-bond acceptors (Lipinski definition) is 2. The highest BCUT2D eigenvalue weighted by Gasteiger charge is 2.11. The molecular formula is C18H16F2N2OS. The van der Waals surface area contributed by atoms with Gasteiger partial charge in [0.15, 0.2) is 0 Å². The molecule has 0 aliphatic heterocycles. The van der Waals surface area contributed by atoms with E-state index in [-0.39, 0.29) is 11.0 Å². The molecule has 0 saturated heterocycles. The van der Waals surface area contributed by atoms with Gasteiger partial charge in [0.05, 0.1) is 11.9 Å². The summed E-state index contributed by atoms with van der Waals surface area (Å²) in [6.07, 6.45) is 3.36. The summed E-state index contributed by atoms with van der Waals surface area (Å²) in [6, 6.07) is 15.1. The number of hydrogen-bond donors (Lipinski definition) is 1. The summed E-state index contributed by atoms with van der Waals surface area (Å²) in [4.78, 5) is 0. The van der Waals surface area contributed by atoms with Crippen LogP contribution in [0, 0.1) is 11.6 Å². The highest BCUT2D eigenvalue weighted by Crippen LogP contribution is 2.26. The second-order valence-electron chi connectivity index (χ2n) is 5.14. The van der Waals surface area contributed by atoms with E-state index in [0.29, 0.717) is 12.1 Å². The summed E-state index contributed by atoms with van der Waals surface area (Å²) in [6.45, 7) is 0.604. The van der Waals surface area contributed by atoms with Gasteiger partial charge in [-0.1, -0.05) is 30.3 Å². The van der Waals surface area contributed by atoms with Crippen LogP contribution in [0.3, 0.4) is 0 Å². The van der Waals surface area contributed by atoms with Crippen molar-refractivity contribution >= 4 is 19.0 Å². The van der Waals surface area contributed by atoms with Crippen LogP contribution < -0.4 is 0 Å². The van der Waals surface area contributed by atoms with Crippen molar-refractivity contribution in [1.29, 1.82) is 0 Å². The van der Waals surface area contributed by atoms with Crippen LogP contribution in [-0.2, 0) is 6.54 Å². The quantitative estimate of drug-likeness (QED) is 0.550. The van der Waals surface area contributed by atoms with Gasteiger partial charge in [-0.2, -0.15) is 0 Å². The zero-order chi connectivity index (χ0) is 16.2. The second kappa shape index (κ2) is 7.90. The van der Waals surface area contributed by atoms with Gasteiger partial charge in [0.1, 0.15) is 11.6 Å². The van der Waals surface area contributed by atoms with E-state index < -0.39 is 11.6 Å². The smallest absolute Gasteiger partial charge is 0.131 e. The summed E-state index contributed by atoms with van der Waals surface area (Å²) in [5.74, 6) is -0.931. The summed E-state index contributed by atoms with van der Waals surface area (Å²) in [7, 11) is 0. The molecule has 0 amide bonds. The van der Waals surface area contributed by atoms with E-state index in [1.807, 2.05) is 34.9 Å². The Morgan fingerprint density at radius 1 is 1.04 bits per heavy atom. The summed E-state index contributed by atoms with van der Waals surface area (Å²) >= 11 is 3.86. The minimum atomic E-state index is -0.471. The van der Waals surface area contributed by atoms with Crippen LogP contribution in [0.1, 0.15) is 11.3 Å². The Hall–Kier alpha value is -2.44. The van der Waals surface area contributed by atoms with Crippen LogP contribution in [0.2, 0.25) is 0 Å². The molecule has 3 nitrogen and oxygen atoms in total. The Morgan fingerprint density at radius 2 is 1.79 bits per heavy atom. The molecule has 124 valence electrons. The topological polar surface area (TPSA) is 48.8 Å². The zero-order valence-corrected chi connectivity index (χ0v) is 13.5. The van der Waals surface area contributed by atoms with E-state index in [2.05, 4.69) is 17.2 Å². The third-order valence-corrected chi connectivity index (χ3v) is 3.67. The van der Waals surface area contributed by atoms with Gasteiger partial charge in [-0.25, -0.2) is 13.2 Å². The van der Waals surface area contributed by atoms with E-state index in [4.69, 9.17) is 0 Å². The van der Waals surface area contributed by atoms with Crippen molar-refractivity contribution < 1.29 is 14.3 Å². The molecule has 3 aromatic rings. The van der Waals surface area contributed by atoms with Crippen LogP contribution in [0.4, 0.5) is 8.78 Å².